The van der Waals surface area contributed by atoms with Gasteiger partial charge in [0.1, 0.15) is 6.54 Å². The third-order valence-corrected chi connectivity index (χ3v) is 5.33. The summed E-state index contributed by atoms with van der Waals surface area (Å²) in [4.78, 5) is 12.1. The second kappa shape index (κ2) is 9.36. The third-order valence-electron chi connectivity index (χ3n) is 3.89. The van der Waals surface area contributed by atoms with E-state index >= 15 is 0 Å². The van der Waals surface area contributed by atoms with Gasteiger partial charge in [-0.05, 0) is 24.3 Å². The van der Waals surface area contributed by atoms with Crippen LogP contribution in [0.4, 0.5) is 32.0 Å². The lowest BCUT2D eigenvalue weighted by molar-refractivity contribution is -0.138. The summed E-state index contributed by atoms with van der Waals surface area (Å²) in [5.41, 5.74) is -1.36. The quantitative estimate of drug-likeness (QED) is 0.364. The van der Waals surface area contributed by atoms with E-state index in [0.717, 1.165) is 24.3 Å². The Hall–Kier alpha value is -2.80. The first-order chi connectivity index (χ1) is 14.6. The third kappa shape index (κ3) is 6.60. The maximum absolute atomic E-state index is 13.0. The monoisotopic (exact) mass is 501 g/mol. The molecular formula is C18H14ClF6N3O3S. The molecular weight excluding hydrogens is 488 g/mol. The van der Waals surface area contributed by atoms with Gasteiger partial charge in [-0.1, -0.05) is 29.8 Å². The first-order valence-electron chi connectivity index (χ1n) is 8.43. The zero-order valence-electron chi connectivity index (χ0n) is 16.0. The van der Waals surface area contributed by atoms with E-state index in [1.165, 1.54) is 6.07 Å². The number of hydrazone groups is 1. The molecule has 32 heavy (non-hydrogen) atoms. The molecule has 0 heterocycles. The Morgan fingerprint density at radius 2 is 1.72 bits per heavy atom. The van der Waals surface area contributed by atoms with Crippen LogP contribution in [0, 0.1) is 0 Å². The van der Waals surface area contributed by atoms with Gasteiger partial charge in [-0.15, -0.1) is 0 Å². The maximum atomic E-state index is 13.0. The van der Waals surface area contributed by atoms with E-state index in [-0.39, 0.29) is 10.6 Å². The Kier molecular flexibility index (Phi) is 7.45. The average molecular weight is 502 g/mol. The molecule has 0 aliphatic carbocycles. The van der Waals surface area contributed by atoms with E-state index in [9.17, 15) is 39.6 Å². The highest BCUT2D eigenvalue weighted by Crippen LogP contribution is 2.36. The molecule has 0 unspecified atom stereocenters. The van der Waals surface area contributed by atoms with E-state index in [1.54, 1.807) is 0 Å². The Morgan fingerprint density at radius 3 is 2.28 bits per heavy atom. The predicted octanol–water partition coefficient (Wildman–Crippen LogP) is 4.29. The minimum Gasteiger partial charge on any atom is -0.271 e. The van der Waals surface area contributed by atoms with Gasteiger partial charge >= 0.3 is 12.4 Å². The number of sulfonamides is 1. The lowest BCUT2D eigenvalue weighted by Crippen LogP contribution is -2.39. The Labute approximate surface area is 183 Å². The van der Waals surface area contributed by atoms with Crippen molar-refractivity contribution in [1.29, 1.82) is 0 Å². The summed E-state index contributed by atoms with van der Waals surface area (Å²) < 4.78 is 102. The second-order valence-corrected chi connectivity index (χ2v) is 8.63. The first kappa shape index (κ1) is 25.5. The van der Waals surface area contributed by atoms with Gasteiger partial charge in [0, 0.05) is 5.56 Å². The van der Waals surface area contributed by atoms with E-state index in [0.29, 0.717) is 28.9 Å². The van der Waals surface area contributed by atoms with Crippen molar-refractivity contribution in [3.8, 4) is 0 Å². The summed E-state index contributed by atoms with van der Waals surface area (Å²) in [7, 11) is -4.28. The molecule has 2 aromatic carbocycles. The van der Waals surface area contributed by atoms with Crippen molar-refractivity contribution in [2.24, 2.45) is 5.10 Å². The SMILES string of the molecule is CS(=O)(=O)N(CC(=O)N/N=C\c1ccccc1C(F)(F)F)c1cc(C(F)(F)F)ccc1Cl. The predicted molar refractivity (Wildman–Crippen MR) is 106 cm³/mol. The first-order valence-corrected chi connectivity index (χ1v) is 10.7. The molecule has 0 fully saturated rings. The average Bonchev–Trinajstić information content (AvgIpc) is 2.64. The van der Waals surface area contributed by atoms with Gasteiger partial charge in [0.15, 0.2) is 0 Å². The molecule has 0 aliphatic rings. The van der Waals surface area contributed by atoms with Crippen LogP contribution in [0.1, 0.15) is 16.7 Å². The van der Waals surface area contributed by atoms with Crippen molar-refractivity contribution in [3.05, 3.63) is 64.2 Å². The van der Waals surface area contributed by atoms with E-state index in [4.69, 9.17) is 11.6 Å². The van der Waals surface area contributed by atoms with Crippen molar-refractivity contribution >= 4 is 39.4 Å². The van der Waals surface area contributed by atoms with Crippen LogP contribution in [0.2, 0.25) is 5.02 Å². The van der Waals surface area contributed by atoms with Crippen molar-refractivity contribution < 1.29 is 39.6 Å². The van der Waals surface area contributed by atoms with E-state index in [2.05, 4.69) is 5.10 Å². The molecule has 0 saturated carbocycles. The van der Waals surface area contributed by atoms with Gasteiger partial charge in [-0.3, -0.25) is 9.10 Å². The number of nitrogens with one attached hydrogen (secondary N) is 1. The molecule has 174 valence electrons. The number of halogens is 7. The molecule has 0 spiro atoms. The van der Waals surface area contributed by atoms with E-state index in [1.807, 2.05) is 5.43 Å². The highest BCUT2D eigenvalue weighted by Gasteiger charge is 2.34. The number of hydrogen-bond donors (Lipinski definition) is 1. The Bertz CT molecular complexity index is 1130. The van der Waals surface area contributed by atoms with Gasteiger partial charge in [0.05, 0.1) is 34.3 Å². The van der Waals surface area contributed by atoms with Crippen LogP contribution in [-0.4, -0.2) is 33.3 Å². The van der Waals surface area contributed by atoms with Gasteiger partial charge < -0.3 is 0 Å². The topological polar surface area (TPSA) is 78.8 Å². The van der Waals surface area contributed by atoms with Crippen LogP contribution in [0.25, 0.3) is 0 Å². The summed E-state index contributed by atoms with van der Waals surface area (Å²) in [5.74, 6) is -1.13. The highest BCUT2D eigenvalue weighted by atomic mass is 35.5. The number of nitrogens with zero attached hydrogens (tertiary/aromatic N) is 2. The summed E-state index contributed by atoms with van der Waals surface area (Å²) in [6.07, 6.45) is -8.15. The molecule has 2 aromatic rings. The van der Waals surface area contributed by atoms with Crippen LogP contribution in [-0.2, 0) is 27.2 Å². The summed E-state index contributed by atoms with van der Waals surface area (Å²) in [5, 5.41) is 2.99. The van der Waals surface area contributed by atoms with Gasteiger partial charge in [0.25, 0.3) is 5.91 Å². The molecule has 0 aliphatic heterocycles. The smallest absolute Gasteiger partial charge is 0.271 e. The normalized spacial score (nSPS) is 12.8. The number of amides is 1. The number of alkyl halides is 6. The minimum atomic E-state index is -4.80. The standard InChI is InChI=1S/C18H14ClF6N3O3S/c1-32(30,31)28(15-8-12(17(20,21)22)6-7-14(15)19)10-16(29)27-26-9-11-4-2-3-5-13(11)18(23,24)25/h2-9H,10H2,1H3,(H,27,29)/b26-9-. The molecule has 6 nitrogen and oxygen atoms in total. The summed E-state index contributed by atoms with van der Waals surface area (Å²) in [6.45, 7) is -1.03. The van der Waals surface area contributed by atoms with Crippen molar-refractivity contribution in [2.75, 3.05) is 17.1 Å². The Balaban J connectivity index is 2.26. The van der Waals surface area contributed by atoms with Crippen LogP contribution in [0.5, 0.6) is 0 Å². The van der Waals surface area contributed by atoms with Gasteiger partial charge in [0.2, 0.25) is 10.0 Å². The van der Waals surface area contributed by atoms with Crippen molar-refractivity contribution in [2.45, 2.75) is 12.4 Å². The molecule has 0 aromatic heterocycles. The number of rotatable bonds is 6. The fourth-order valence-electron chi connectivity index (χ4n) is 2.47. The van der Waals surface area contributed by atoms with Crippen LogP contribution >= 0.6 is 11.6 Å². The lowest BCUT2D eigenvalue weighted by Gasteiger charge is -2.23. The molecule has 0 radical (unpaired) electrons. The van der Waals surface area contributed by atoms with Crippen molar-refractivity contribution in [3.63, 3.8) is 0 Å². The number of benzene rings is 2. The highest BCUT2D eigenvalue weighted by molar-refractivity contribution is 7.92. The summed E-state index contributed by atoms with van der Waals surface area (Å²) in [6, 6.07) is 6.26. The zero-order valence-corrected chi connectivity index (χ0v) is 17.6. The Morgan fingerprint density at radius 1 is 1.09 bits per heavy atom. The molecule has 0 bridgehead atoms. The number of anilines is 1. The van der Waals surface area contributed by atoms with Gasteiger partial charge in [-0.2, -0.15) is 31.4 Å². The molecule has 1 amide bonds. The number of carbonyl (C=O) groups excluding carboxylic acids is 1. The zero-order chi connectivity index (χ0) is 24.3. The van der Waals surface area contributed by atoms with Gasteiger partial charge in [-0.25, -0.2) is 13.8 Å². The molecule has 2 rings (SSSR count). The van der Waals surface area contributed by atoms with E-state index < -0.39 is 51.6 Å². The number of hydrogen-bond acceptors (Lipinski definition) is 4. The fraction of sp³-hybridized carbons (Fsp3) is 0.222. The lowest BCUT2D eigenvalue weighted by atomic mass is 10.1. The molecule has 0 atom stereocenters. The molecule has 1 N–H and O–H groups in total. The second-order valence-electron chi connectivity index (χ2n) is 6.31. The van der Waals surface area contributed by atoms with Crippen LogP contribution in [0.3, 0.4) is 0 Å². The fourth-order valence-corrected chi connectivity index (χ4v) is 3.60. The molecule has 0 saturated heterocycles. The van der Waals surface area contributed by atoms with Crippen LogP contribution in [0.15, 0.2) is 47.6 Å². The van der Waals surface area contributed by atoms with Crippen molar-refractivity contribution in [1.82, 2.24) is 5.43 Å². The maximum Gasteiger partial charge on any atom is 0.417 e. The number of carbonyl (C=O) groups is 1. The van der Waals surface area contributed by atoms with Crippen LogP contribution < -0.4 is 9.73 Å². The molecule has 14 heteroatoms. The summed E-state index contributed by atoms with van der Waals surface area (Å²) >= 11 is 5.83. The largest absolute Gasteiger partial charge is 0.417 e. The minimum absolute atomic E-state index is 0.319.